The van der Waals surface area contributed by atoms with Crippen LogP contribution in [0, 0.1) is 17.7 Å². The molecule has 1 atom stereocenters. The van der Waals surface area contributed by atoms with Gasteiger partial charge in [-0.3, -0.25) is 9.79 Å². The van der Waals surface area contributed by atoms with Crippen molar-refractivity contribution in [1.29, 1.82) is 0 Å². The number of nitrogens with one attached hydrogen (secondary N) is 1. The van der Waals surface area contributed by atoms with Crippen molar-refractivity contribution in [2.24, 2.45) is 39.2 Å². The molecule has 42 heavy (non-hydrogen) atoms. The molecule has 2 aliphatic rings. The van der Waals surface area contributed by atoms with Crippen LogP contribution in [0.5, 0.6) is 0 Å². The zero-order chi connectivity index (χ0) is 31.4. The number of carbonyl (C=O) groups excluding carboxylic acids is 2. The highest BCUT2D eigenvalue weighted by atomic mass is 35.5. The van der Waals surface area contributed by atoms with Gasteiger partial charge in [0.05, 0.1) is 11.1 Å². The Morgan fingerprint density at radius 3 is 2.33 bits per heavy atom. The SMILES string of the molecule is C=O.CCCC(c1ccc(C/C(N)=N/NN)cc1)N1C(=O)C(c2ccc(F)c(Cl)c2)=NC12CCC(C(C)C)CC2.CN. The number of halogens is 2. The van der Waals surface area contributed by atoms with Crippen molar-refractivity contribution in [1.82, 2.24) is 10.4 Å². The summed E-state index contributed by atoms with van der Waals surface area (Å²) < 4.78 is 13.9. The number of nitrogens with two attached hydrogens (primary N) is 3. The molecular formula is C31H45ClFN7O2. The van der Waals surface area contributed by atoms with Crippen LogP contribution in [0.15, 0.2) is 52.6 Å². The Bertz CT molecular complexity index is 1230. The maximum absolute atomic E-state index is 14.2. The second-order valence-electron chi connectivity index (χ2n) is 10.8. The topological polar surface area (TPSA) is 152 Å². The molecule has 1 saturated carbocycles. The van der Waals surface area contributed by atoms with Crippen LogP contribution < -0.4 is 22.8 Å². The summed E-state index contributed by atoms with van der Waals surface area (Å²) in [6.45, 7) is 8.65. The Balaban J connectivity index is 0.00000148. The molecule has 11 heteroatoms. The molecule has 7 N–H and O–H groups in total. The van der Waals surface area contributed by atoms with Crippen LogP contribution in [0.4, 0.5) is 4.39 Å². The molecule has 0 bridgehead atoms. The lowest BCUT2D eigenvalue weighted by Crippen LogP contribution is -2.51. The molecule has 1 aliphatic carbocycles. The van der Waals surface area contributed by atoms with Crippen LogP contribution in [0.25, 0.3) is 0 Å². The van der Waals surface area contributed by atoms with Gasteiger partial charge in [0.1, 0.15) is 29.8 Å². The molecule has 0 radical (unpaired) electrons. The van der Waals surface area contributed by atoms with Gasteiger partial charge in [0.2, 0.25) is 0 Å². The summed E-state index contributed by atoms with van der Waals surface area (Å²) in [6, 6.07) is 12.4. The van der Waals surface area contributed by atoms with Gasteiger partial charge in [-0.25, -0.2) is 15.8 Å². The van der Waals surface area contributed by atoms with Crippen molar-refractivity contribution in [3.05, 3.63) is 70.0 Å². The molecule has 9 nitrogen and oxygen atoms in total. The van der Waals surface area contributed by atoms with Crippen LogP contribution in [0.1, 0.15) is 82.0 Å². The maximum Gasteiger partial charge on any atom is 0.275 e. The number of rotatable bonds is 9. The van der Waals surface area contributed by atoms with Gasteiger partial charge in [-0.05, 0) is 80.3 Å². The fourth-order valence-corrected chi connectivity index (χ4v) is 6.09. The molecule has 1 fully saturated rings. The number of amides is 1. The summed E-state index contributed by atoms with van der Waals surface area (Å²) in [4.78, 5) is 29.3. The molecule has 1 amide bonds. The standard InChI is InChI=1S/C29H38ClFN6O.CH5N.CH2O/c1-4-5-25(21-8-6-19(7-9-21)16-26(32)35-36-33)37-28(38)27(22-10-11-24(31)23(30)17-22)34-29(37)14-12-20(13-15-29)18(2)3;2*1-2/h6-11,17-18,20,25,36H,4-5,12-16,33H2,1-3H3,(H2,32,35);2H2,1H3;1H2. The first-order valence-corrected chi connectivity index (χ1v) is 14.7. The normalized spacial score (nSPS) is 20.8. The number of benzene rings is 2. The molecule has 1 unspecified atom stereocenters. The van der Waals surface area contributed by atoms with Gasteiger partial charge in [-0.15, -0.1) is 0 Å². The minimum atomic E-state index is -0.624. The molecule has 0 aromatic heterocycles. The number of hydrogen-bond donors (Lipinski definition) is 4. The van der Waals surface area contributed by atoms with Gasteiger partial charge in [0, 0.05) is 12.0 Å². The average Bonchev–Trinajstić information content (AvgIpc) is 3.27. The van der Waals surface area contributed by atoms with Crippen LogP contribution >= 0.6 is 11.6 Å². The van der Waals surface area contributed by atoms with Gasteiger partial charge >= 0.3 is 0 Å². The summed E-state index contributed by atoms with van der Waals surface area (Å²) in [7, 11) is 1.50. The Kier molecular flexibility index (Phi) is 13.6. The Hall–Kier alpha value is -3.34. The predicted octanol–water partition coefficient (Wildman–Crippen LogP) is 4.86. The smallest absolute Gasteiger partial charge is 0.275 e. The maximum atomic E-state index is 14.2. The van der Waals surface area contributed by atoms with E-state index in [0.717, 1.165) is 49.7 Å². The van der Waals surface area contributed by atoms with Crippen molar-refractivity contribution in [3.8, 4) is 0 Å². The first kappa shape index (κ1) is 34.9. The van der Waals surface area contributed by atoms with Gasteiger partial charge in [0.15, 0.2) is 0 Å². The fraction of sp³-hybridized carbons (Fsp3) is 0.484. The third-order valence-electron chi connectivity index (χ3n) is 7.99. The number of hydrazone groups is 1. The van der Waals surface area contributed by atoms with Crippen molar-refractivity contribution in [2.75, 3.05) is 7.05 Å². The molecule has 0 saturated heterocycles. The number of hydrogen-bond acceptors (Lipinski definition) is 7. The van der Waals surface area contributed by atoms with Gasteiger partial charge in [-0.1, -0.05) is 63.1 Å². The van der Waals surface area contributed by atoms with Crippen molar-refractivity contribution >= 4 is 35.8 Å². The molecular weight excluding hydrogens is 557 g/mol. The van der Waals surface area contributed by atoms with E-state index < -0.39 is 11.5 Å². The Morgan fingerprint density at radius 2 is 1.81 bits per heavy atom. The third kappa shape index (κ3) is 7.93. The molecule has 4 rings (SSSR count). The van der Waals surface area contributed by atoms with Gasteiger partial charge < -0.3 is 21.2 Å². The van der Waals surface area contributed by atoms with Crippen LogP contribution in [-0.2, 0) is 16.0 Å². The van der Waals surface area contributed by atoms with Crippen molar-refractivity contribution in [3.63, 3.8) is 0 Å². The monoisotopic (exact) mass is 601 g/mol. The number of carbonyl (C=O) groups is 2. The van der Waals surface area contributed by atoms with E-state index in [4.69, 9.17) is 33.0 Å². The van der Waals surface area contributed by atoms with E-state index in [2.05, 4.69) is 49.3 Å². The lowest BCUT2D eigenvalue weighted by Gasteiger charge is -2.46. The highest BCUT2D eigenvalue weighted by Crippen LogP contribution is 2.48. The summed E-state index contributed by atoms with van der Waals surface area (Å²) >= 11 is 6.10. The van der Waals surface area contributed by atoms with Gasteiger partial charge in [-0.2, -0.15) is 5.10 Å². The molecule has 2 aromatic rings. The lowest BCUT2D eigenvalue weighted by molar-refractivity contribution is -0.133. The molecule has 1 spiro atoms. The molecule has 2 aromatic carbocycles. The van der Waals surface area contributed by atoms with Crippen LogP contribution in [0.3, 0.4) is 0 Å². The first-order chi connectivity index (χ1) is 20.2. The molecule has 1 heterocycles. The van der Waals surface area contributed by atoms with E-state index in [0.29, 0.717) is 35.4 Å². The molecule has 230 valence electrons. The second kappa shape index (κ2) is 16.3. The molecule has 1 aliphatic heterocycles. The zero-order valence-corrected chi connectivity index (χ0v) is 25.8. The highest BCUT2D eigenvalue weighted by molar-refractivity contribution is 6.47. The summed E-state index contributed by atoms with van der Waals surface area (Å²) in [5.74, 6) is 6.18. The third-order valence-corrected chi connectivity index (χ3v) is 8.28. The minimum absolute atomic E-state index is 0.0117. The second-order valence-corrected chi connectivity index (χ2v) is 11.2. The lowest BCUT2D eigenvalue weighted by atomic mass is 9.76. The number of amidine groups is 1. The number of nitrogens with zero attached hydrogens (tertiary/aromatic N) is 3. The first-order valence-electron chi connectivity index (χ1n) is 14.3. The summed E-state index contributed by atoms with van der Waals surface area (Å²) in [5.41, 5.74) is 15.0. The van der Waals surface area contributed by atoms with Crippen molar-refractivity contribution in [2.45, 2.75) is 77.4 Å². The van der Waals surface area contributed by atoms with E-state index >= 15 is 0 Å². The van der Waals surface area contributed by atoms with E-state index in [1.54, 1.807) is 6.07 Å². The van der Waals surface area contributed by atoms with Gasteiger partial charge in [0.25, 0.3) is 5.91 Å². The van der Waals surface area contributed by atoms with Crippen LogP contribution in [0.2, 0.25) is 5.02 Å². The Labute approximate surface area is 253 Å². The quantitative estimate of drug-likeness (QED) is 0.139. The number of hydrazine groups is 1. The summed E-state index contributed by atoms with van der Waals surface area (Å²) in [5, 5.41) is 3.81. The van der Waals surface area contributed by atoms with Crippen molar-refractivity contribution < 1.29 is 14.0 Å². The van der Waals surface area contributed by atoms with E-state index in [9.17, 15) is 9.18 Å². The van der Waals surface area contributed by atoms with E-state index in [-0.39, 0.29) is 17.0 Å². The highest BCUT2D eigenvalue weighted by Gasteiger charge is 2.51. The minimum Gasteiger partial charge on any atom is -0.385 e. The Morgan fingerprint density at radius 1 is 1.19 bits per heavy atom. The number of aliphatic imine (C=N–C) groups is 1. The van der Waals surface area contributed by atoms with E-state index in [1.165, 1.54) is 19.2 Å². The van der Waals surface area contributed by atoms with E-state index in [1.807, 2.05) is 23.8 Å². The summed E-state index contributed by atoms with van der Waals surface area (Å²) in [6.07, 6.45) is 5.79. The fourth-order valence-electron chi connectivity index (χ4n) is 5.91. The zero-order valence-electron chi connectivity index (χ0n) is 25.1. The predicted molar refractivity (Wildman–Crippen MR) is 168 cm³/mol. The largest absolute Gasteiger partial charge is 0.385 e. The van der Waals surface area contributed by atoms with Crippen LogP contribution in [-0.4, -0.2) is 41.9 Å². The average molecular weight is 602 g/mol.